The van der Waals surface area contributed by atoms with Crippen LogP contribution in [0, 0.1) is 0 Å². The third-order valence-electron chi connectivity index (χ3n) is 3.12. The Bertz CT molecular complexity index is 366. The molecule has 1 aliphatic carbocycles. The molecule has 0 bridgehead atoms. The molecule has 0 radical (unpaired) electrons. The number of hydrogen-bond donors (Lipinski definition) is 1. The molecule has 0 aromatic heterocycles. The van der Waals surface area contributed by atoms with Gasteiger partial charge in [0.25, 0.3) is 0 Å². The monoisotopic (exact) mass is 249 g/mol. The molecule has 2 nitrogen and oxygen atoms in total. The first-order valence-electron chi connectivity index (χ1n) is 6.24. The number of carbonyl (C=O) groups is 1. The molecule has 17 heavy (non-hydrogen) atoms. The van der Waals surface area contributed by atoms with Crippen LogP contribution in [0.5, 0.6) is 0 Å². The fraction of sp³-hybridized carbons (Fsp3) is 0.500. The summed E-state index contributed by atoms with van der Waals surface area (Å²) in [5, 5.41) is 3.62. The standard InChI is InChI=1S/C14H19NOS/c1-11(16)15-13-9-5-6-10-14(13)17-12-7-3-2-4-8-12/h2-4,7-8,13-14H,5-6,9-10H2,1H3,(H,15,16)/t13-,14+/m0/s1. The molecular weight excluding hydrogens is 230 g/mol. The van der Waals surface area contributed by atoms with Gasteiger partial charge >= 0.3 is 0 Å². The van der Waals surface area contributed by atoms with E-state index in [1.54, 1.807) is 6.92 Å². The highest BCUT2D eigenvalue weighted by Gasteiger charge is 2.26. The first-order valence-corrected chi connectivity index (χ1v) is 7.12. The van der Waals surface area contributed by atoms with Crippen molar-refractivity contribution in [2.75, 3.05) is 0 Å². The van der Waals surface area contributed by atoms with Gasteiger partial charge in [-0.25, -0.2) is 0 Å². The van der Waals surface area contributed by atoms with E-state index in [1.807, 2.05) is 17.8 Å². The summed E-state index contributed by atoms with van der Waals surface area (Å²) in [5.74, 6) is 0.0931. The van der Waals surface area contributed by atoms with Crippen molar-refractivity contribution in [2.45, 2.75) is 48.8 Å². The van der Waals surface area contributed by atoms with E-state index in [0.29, 0.717) is 11.3 Å². The second-order valence-corrected chi connectivity index (χ2v) is 5.87. The minimum absolute atomic E-state index is 0.0931. The van der Waals surface area contributed by atoms with Crippen molar-refractivity contribution in [3.05, 3.63) is 30.3 Å². The summed E-state index contributed by atoms with van der Waals surface area (Å²) in [7, 11) is 0. The van der Waals surface area contributed by atoms with E-state index < -0.39 is 0 Å². The van der Waals surface area contributed by atoms with Gasteiger partial charge in [-0.15, -0.1) is 11.8 Å². The van der Waals surface area contributed by atoms with Crippen molar-refractivity contribution in [2.24, 2.45) is 0 Å². The average molecular weight is 249 g/mol. The van der Waals surface area contributed by atoms with Gasteiger partial charge in [-0.1, -0.05) is 31.0 Å². The lowest BCUT2D eigenvalue weighted by atomic mass is 9.95. The van der Waals surface area contributed by atoms with Gasteiger partial charge in [0.05, 0.1) is 0 Å². The maximum absolute atomic E-state index is 11.2. The van der Waals surface area contributed by atoms with Crippen LogP contribution in [0.15, 0.2) is 35.2 Å². The molecule has 0 unspecified atom stereocenters. The minimum atomic E-state index is 0.0931. The van der Waals surface area contributed by atoms with E-state index in [4.69, 9.17) is 0 Å². The van der Waals surface area contributed by atoms with Crippen LogP contribution in [-0.4, -0.2) is 17.2 Å². The normalized spacial score (nSPS) is 24.3. The summed E-state index contributed by atoms with van der Waals surface area (Å²) < 4.78 is 0. The number of carbonyl (C=O) groups excluding carboxylic acids is 1. The molecule has 2 atom stereocenters. The molecule has 0 saturated heterocycles. The lowest BCUT2D eigenvalue weighted by molar-refractivity contribution is -0.119. The van der Waals surface area contributed by atoms with Crippen molar-refractivity contribution in [3.63, 3.8) is 0 Å². The van der Waals surface area contributed by atoms with Gasteiger partial charge in [0.2, 0.25) is 5.91 Å². The molecule has 0 aliphatic heterocycles. The van der Waals surface area contributed by atoms with E-state index in [9.17, 15) is 4.79 Å². The Balaban J connectivity index is 1.99. The third-order valence-corrected chi connectivity index (χ3v) is 4.53. The van der Waals surface area contributed by atoms with Crippen LogP contribution in [0.1, 0.15) is 32.6 Å². The highest BCUT2D eigenvalue weighted by Crippen LogP contribution is 2.33. The summed E-state index contributed by atoms with van der Waals surface area (Å²) in [4.78, 5) is 12.5. The number of thioether (sulfide) groups is 1. The topological polar surface area (TPSA) is 29.1 Å². The van der Waals surface area contributed by atoms with Crippen LogP contribution >= 0.6 is 11.8 Å². The second-order valence-electron chi connectivity index (χ2n) is 4.56. The third kappa shape index (κ3) is 3.77. The Kier molecular flexibility index (Phi) is 4.49. The maximum atomic E-state index is 11.2. The molecular formula is C14H19NOS. The van der Waals surface area contributed by atoms with E-state index in [-0.39, 0.29) is 5.91 Å². The maximum Gasteiger partial charge on any atom is 0.217 e. The zero-order chi connectivity index (χ0) is 12.1. The SMILES string of the molecule is CC(=O)N[C@H]1CCCC[C@H]1Sc1ccccc1. The molecule has 1 aliphatic rings. The number of rotatable bonds is 3. The van der Waals surface area contributed by atoms with Crippen molar-refractivity contribution in [1.82, 2.24) is 5.32 Å². The van der Waals surface area contributed by atoms with Crippen LogP contribution in [0.4, 0.5) is 0 Å². The molecule has 1 fully saturated rings. The first-order chi connectivity index (χ1) is 8.25. The molecule has 92 valence electrons. The summed E-state index contributed by atoms with van der Waals surface area (Å²) in [6.45, 7) is 1.61. The van der Waals surface area contributed by atoms with Crippen LogP contribution in [0.2, 0.25) is 0 Å². The molecule has 0 spiro atoms. The quantitative estimate of drug-likeness (QED) is 0.891. The van der Waals surface area contributed by atoms with Crippen molar-refractivity contribution >= 4 is 17.7 Å². The van der Waals surface area contributed by atoms with Crippen molar-refractivity contribution in [3.8, 4) is 0 Å². The summed E-state index contributed by atoms with van der Waals surface area (Å²) >= 11 is 1.90. The highest BCUT2D eigenvalue weighted by molar-refractivity contribution is 8.00. The van der Waals surface area contributed by atoms with E-state index in [1.165, 1.54) is 24.2 Å². The van der Waals surface area contributed by atoms with Gasteiger partial charge in [-0.05, 0) is 25.0 Å². The number of benzene rings is 1. The summed E-state index contributed by atoms with van der Waals surface area (Å²) in [6.07, 6.45) is 4.83. The highest BCUT2D eigenvalue weighted by atomic mass is 32.2. The molecule has 1 aromatic rings. The Morgan fingerprint density at radius 3 is 2.65 bits per heavy atom. The smallest absolute Gasteiger partial charge is 0.217 e. The van der Waals surface area contributed by atoms with E-state index in [2.05, 4.69) is 29.6 Å². The second kappa shape index (κ2) is 6.10. The first kappa shape index (κ1) is 12.5. The Morgan fingerprint density at radius 1 is 1.24 bits per heavy atom. The van der Waals surface area contributed by atoms with Gasteiger partial charge in [0.15, 0.2) is 0 Å². The molecule has 1 aromatic carbocycles. The number of amides is 1. The predicted molar refractivity (Wildman–Crippen MR) is 72.2 cm³/mol. The van der Waals surface area contributed by atoms with E-state index >= 15 is 0 Å². The van der Waals surface area contributed by atoms with Crippen LogP contribution in [-0.2, 0) is 4.79 Å². The molecule has 1 amide bonds. The zero-order valence-electron chi connectivity index (χ0n) is 10.2. The summed E-state index contributed by atoms with van der Waals surface area (Å²) in [5.41, 5.74) is 0. The Morgan fingerprint density at radius 2 is 1.94 bits per heavy atom. The molecule has 0 heterocycles. The van der Waals surface area contributed by atoms with E-state index in [0.717, 1.165) is 6.42 Å². The zero-order valence-corrected chi connectivity index (χ0v) is 11.0. The Labute approximate surface area is 107 Å². The minimum Gasteiger partial charge on any atom is -0.352 e. The van der Waals surface area contributed by atoms with Gasteiger partial charge < -0.3 is 5.32 Å². The lowest BCUT2D eigenvalue weighted by Crippen LogP contribution is -2.42. The van der Waals surface area contributed by atoms with Gasteiger partial charge in [-0.3, -0.25) is 4.79 Å². The molecule has 1 saturated carbocycles. The Hall–Kier alpha value is -0.960. The molecule has 3 heteroatoms. The fourth-order valence-electron chi connectivity index (χ4n) is 2.34. The largest absolute Gasteiger partial charge is 0.352 e. The summed E-state index contributed by atoms with van der Waals surface area (Å²) in [6, 6.07) is 10.8. The predicted octanol–water partition coefficient (Wildman–Crippen LogP) is 3.23. The van der Waals surface area contributed by atoms with Gasteiger partial charge in [0, 0.05) is 23.1 Å². The van der Waals surface area contributed by atoms with Crippen molar-refractivity contribution < 1.29 is 4.79 Å². The van der Waals surface area contributed by atoms with Gasteiger partial charge in [0.1, 0.15) is 0 Å². The van der Waals surface area contributed by atoms with Crippen LogP contribution in [0.25, 0.3) is 0 Å². The fourth-order valence-corrected chi connectivity index (χ4v) is 3.65. The molecule has 1 N–H and O–H groups in total. The van der Waals surface area contributed by atoms with Gasteiger partial charge in [-0.2, -0.15) is 0 Å². The number of nitrogens with one attached hydrogen (secondary N) is 1. The van der Waals surface area contributed by atoms with Crippen molar-refractivity contribution in [1.29, 1.82) is 0 Å². The average Bonchev–Trinajstić information content (AvgIpc) is 2.32. The number of hydrogen-bond acceptors (Lipinski definition) is 2. The van der Waals surface area contributed by atoms with Crippen LogP contribution < -0.4 is 5.32 Å². The van der Waals surface area contributed by atoms with Crippen LogP contribution in [0.3, 0.4) is 0 Å². The lowest BCUT2D eigenvalue weighted by Gasteiger charge is -2.31. The molecule has 2 rings (SSSR count).